The minimum absolute atomic E-state index is 0.134. The van der Waals surface area contributed by atoms with Crippen molar-refractivity contribution >= 4 is 17.8 Å². The van der Waals surface area contributed by atoms with Gasteiger partial charge in [0.25, 0.3) is 11.8 Å². The number of carbonyl (C=O) groups excluding carboxylic acids is 3. The number of urea groups is 1. The molecule has 2 aromatic carbocycles. The zero-order chi connectivity index (χ0) is 21.0. The van der Waals surface area contributed by atoms with E-state index < -0.39 is 23.4 Å². The summed E-state index contributed by atoms with van der Waals surface area (Å²) in [5, 5.41) is 3.56. The van der Waals surface area contributed by atoms with Crippen LogP contribution in [0.15, 0.2) is 54.6 Å². The van der Waals surface area contributed by atoms with Crippen LogP contribution in [-0.2, 0) is 21.7 Å². The summed E-state index contributed by atoms with van der Waals surface area (Å²) in [6, 6.07) is 16.6. The van der Waals surface area contributed by atoms with Crippen molar-refractivity contribution < 1.29 is 19.3 Å². The van der Waals surface area contributed by atoms with E-state index in [1.54, 1.807) is 12.1 Å². The van der Waals surface area contributed by atoms with Gasteiger partial charge in [-0.2, -0.15) is 5.01 Å². The Kier molecular flexibility index (Phi) is 5.98. The fraction of sp³-hybridized carbons (Fsp3) is 0.318. The fourth-order valence-electron chi connectivity index (χ4n) is 3.59. The van der Waals surface area contributed by atoms with Gasteiger partial charge in [0.15, 0.2) is 6.54 Å². The lowest BCUT2D eigenvalue weighted by molar-refractivity contribution is -0.885. The van der Waals surface area contributed by atoms with E-state index in [0.717, 1.165) is 15.5 Å². The van der Waals surface area contributed by atoms with Crippen molar-refractivity contribution in [1.82, 2.24) is 15.8 Å². The molecular weight excluding hydrogens is 368 g/mol. The van der Waals surface area contributed by atoms with Crippen LogP contribution in [0.2, 0.25) is 0 Å². The van der Waals surface area contributed by atoms with Crippen molar-refractivity contribution in [2.24, 2.45) is 0 Å². The standard InChI is InChI=1S/C22H26N4O3/c1-4-22(18-8-6-5-7-9-18)20(28)26(21(29)23-22)24-19(27)15-25(3)14-17-12-10-16(2)11-13-17/h5-13H,4,14-15H2,1-3H3,(H,23,29)(H,24,27)/p+1/t22-/m0/s1. The summed E-state index contributed by atoms with van der Waals surface area (Å²) < 4.78 is 0. The number of amides is 4. The third-order valence-corrected chi connectivity index (χ3v) is 5.21. The van der Waals surface area contributed by atoms with Gasteiger partial charge in [0.1, 0.15) is 12.1 Å². The predicted octanol–water partition coefficient (Wildman–Crippen LogP) is 0.898. The molecule has 0 radical (unpaired) electrons. The molecule has 1 aliphatic heterocycles. The minimum atomic E-state index is -1.16. The highest BCUT2D eigenvalue weighted by Gasteiger charge is 2.52. The first-order valence-corrected chi connectivity index (χ1v) is 9.74. The fourth-order valence-corrected chi connectivity index (χ4v) is 3.59. The van der Waals surface area contributed by atoms with E-state index in [9.17, 15) is 14.4 Å². The highest BCUT2D eigenvalue weighted by Crippen LogP contribution is 2.31. The van der Waals surface area contributed by atoms with Crippen LogP contribution >= 0.6 is 0 Å². The lowest BCUT2D eigenvalue weighted by Gasteiger charge is -2.25. The summed E-state index contributed by atoms with van der Waals surface area (Å²) >= 11 is 0. The summed E-state index contributed by atoms with van der Waals surface area (Å²) in [5.74, 6) is -0.862. The van der Waals surface area contributed by atoms with E-state index in [-0.39, 0.29) is 6.54 Å². The predicted molar refractivity (Wildman–Crippen MR) is 109 cm³/mol. The van der Waals surface area contributed by atoms with Crippen molar-refractivity contribution in [2.75, 3.05) is 13.6 Å². The number of nitrogens with zero attached hydrogens (tertiary/aromatic N) is 1. The number of rotatable bonds is 7. The molecule has 3 N–H and O–H groups in total. The maximum Gasteiger partial charge on any atom is 0.344 e. The van der Waals surface area contributed by atoms with E-state index in [1.165, 1.54) is 5.56 Å². The highest BCUT2D eigenvalue weighted by molar-refractivity contribution is 6.08. The second-order valence-corrected chi connectivity index (χ2v) is 7.53. The topological polar surface area (TPSA) is 83.0 Å². The molecule has 0 aliphatic carbocycles. The minimum Gasteiger partial charge on any atom is -0.326 e. The molecule has 2 atom stereocenters. The Morgan fingerprint density at radius 1 is 1.10 bits per heavy atom. The Hall–Kier alpha value is -3.19. The van der Waals surface area contributed by atoms with Crippen LogP contribution < -0.4 is 15.6 Å². The SMILES string of the molecule is CC[C@@]1(c2ccccc2)NC(=O)N(NC(=O)C[NH+](C)Cc2ccc(C)cc2)C1=O. The number of benzene rings is 2. The number of hydrogen-bond donors (Lipinski definition) is 3. The molecule has 7 nitrogen and oxygen atoms in total. The van der Waals surface area contributed by atoms with E-state index in [1.807, 2.05) is 63.4 Å². The molecule has 1 saturated heterocycles. The van der Waals surface area contributed by atoms with Crippen LogP contribution in [0.25, 0.3) is 0 Å². The van der Waals surface area contributed by atoms with Crippen LogP contribution in [0.3, 0.4) is 0 Å². The van der Waals surface area contributed by atoms with Gasteiger partial charge in [0.05, 0.1) is 7.05 Å². The zero-order valence-electron chi connectivity index (χ0n) is 17.0. The third kappa shape index (κ3) is 4.30. The number of aryl methyl sites for hydroxylation is 1. The number of hydrogen-bond acceptors (Lipinski definition) is 3. The molecule has 1 heterocycles. The maximum absolute atomic E-state index is 13.0. The molecule has 1 unspecified atom stereocenters. The summed E-state index contributed by atoms with van der Waals surface area (Å²) in [6.07, 6.45) is 0.381. The lowest BCUT2D eigenvalue weighted by Crippen LogP contribution is -3.09. The first kappa shape index (κ1) is 20.5. The van der Waals surface area contributed by atoms with Gasteiger partial charge >= 0.3 is 6.03 Å². The lowest BCUT2D eigenvalue weighted by atomic mass is 9.87. The van der Waals surface area contributed by atoms with Crippen LogP contribution in [0, 0.1) is 6.92 Å². The molecule has 0 saturated carbocycles. The second kappa shape index (κ2) is 8.45. The summed E-state index contributed by atoms with van der Waals surface area (Å²) in [7, 11) is 1.89. The van der Waals surface area contributed by atoms with Gasteiger partial charge in [-0.15, -0.1) is 0 Å². The first-order chi connectivity index (χ1) is 13.9. The molecule has 1 aliphatic rings. The molecule has 2 aromatic rings. The van der Waals surface area contributed by atoms with E-state index in [2.05, 4.69) is 10.7 Å². The Balaban J connectivity index is 1.65. The Labute approximate surface area is 170 Å². The quantitative estimate of drug-likeness (QED) is 0.609. The van der Waals surface area contributed by atoms with Crippen molar-refractivity contribution in [3.05, 3.63) is 71.3 Å². The molecule has 29 heavy (non-hydrogen) atoms. The molecule has 152 valence electrons. The molecule has 0 spiro atoms. The molecule has 7 heteroatoms. The normalized spacial score (nSPS) is 19.8. The largest absolute Gasteiger partial charge is 0.344 e. The van der Waals surface area contributed by atoms with Crippen molar-refractivity contribution in [3.63, 3.8) is 0 Å². The third-order valence-electron chi connectivity index (χ3n) is 5.21. The van der Waals surface area contributed by atoms with Crippen LogP contribution in [-0.4, -0.2) is 36.4 Å². The zero-order valence-corrected chi connectivity index (χ0v) is 17.0. The van der Waals surface area contributed by atoms with Gasteiger partial charge in [-0.1, -0.05) is 67.1 Å². The van der Waals surface area contributed by atoms with Crippen LogP contribution in [0.5, 0.6) is 0 Å². The Bertz CT molecular complexity index is 898. The number of imide groups is 1. The molecule has 4 amide bonds. The van der Waals surface area contributed by atoms with Gasteiger partial charge in [-0.25, -0.2) is 4.79 Å². The smallest absolute Gasteiger partial charge is 0.326 e. The average molecular weight is 395 g/mol. The van der Waals surface area contributed by atoms with Gasteiger partial charge in [-0.3, -0.25) is 15.0 Å². The summed E-state index contributed by atoms with van der Waals surface area (Å²) in [4.78, 5) is 38.9. The van der Waals surface area contributed by atoms with Gasteiger partial charge in [-0.05, 0) is 18.9 Å². The number of nitrogens with one attached hydrogen (secondary N) is 3. The van der Waals surface area contributed by atoms with Crippen molar-refractivity contribution in [3.8, 4) is 0 Å². The van der Waals surface area contributed by atoms with Gasteiger partial charge in [0.2, 0.25) is 0 Å². The summed E-state index contributed by atoms with van der Waals surface area (Å²) in [5.41, 5.74) is 4.31. The van der Waals surface area contributed by atoms with E-state index >= 15 is 0 Å². The molecule has 0 bridgehead atoms. The first-order valence-electron chi connectivity index (χ1n) is 9.74. The summed E-state index contributed by atoms with van der Waals surface area (Å²) in [6.45, 7) is 4.65. The van der Waals surface area contributed by atoms with Crippen molar-refractivity contribution in [1.29, 1.82) is 0 Å². The van der Waals surface area contributed by atoms with E-state index in [0.29, 0.717) is 18.5 Å². The number of hydrazine groups is 1. The molecule has 1 fully saturated rings. The molecular formula is C22H27N4O3+. The second-order valence-electron chi connectivity index (χ2n) is 7.53. The average Bonchev–Trinajstić information content (AvgIpc) is 2.95. The highest BCUT2D eigenvalue weighted by atomic mass is 16.2. The van der Waals surface area contributed by atoms with Crippen LogP contribution in [0.1, 0.15) is 30.0 Å². The number of likely N-dealkylation sites (N-methyl/N-ethyl adjacent to an activating group) is 1. The number of carbonyl (C=O) groups is 3. The number of quaternary nitrogens is 1. The van der Waals surface area contributed by atoms with Gasteiger partial charge < -0.3 is 10.2 Å². The van der Waals surface area contributed by atoms with Gasteiger partial charge in [0, 0.05) is 5.56 Å². The molecule has 0 aromatic heterocycles. The van der Waals surface area contributed by atoms with E-state index in [4.69, 9.17) is 0 Å². The molecule has 3 rings (SSSR count). The monoisotopic (exact) mass is 395 g/mol. The van der Waals surface area contributed by atoms with Crippen LogP contribution in [0.4, 0.5) is 4.79 Å². The maximum atomic E-state index is 13.0. The Morgan fingerprint density at radius 2 is 1.76 bits per heavy atom. The van der Waals surface area contributed by atoms with Crippen molar-refractivity contribution in [2.45, 2.75) is 32.4 Å². The Morgan fingerprint density at radius 3 is 2.38 bits per heavy atom.